The summed E-state index contributed by atoms with van der Waals surface area (Å²) in [4.78, 5) is 20.9. The Morgan fingerprint density at radius 2 is 2.26 bits per heavy atom. The van der Waals surface area contributed by atoms with Crippen LogP contribution in [0.3, 0.4) is 0 Å². The van der Waals surface area contributed by atoms with Crippen molar-refractivity contribution in [1.29, 1.82) is 0 Å². The van der Waals surface area contributed by atoms with Gasteiger partial charge in [-0.15, -0.1) is 11.3 Å². The Bertz CT molecular complexity index is 1200. The van der Waals surface area contributed by atoms with Crippen LogP contribution in [0.2, 0.25) is 0 Å². The summed E-state index contributed by atoms with van der Waals surface area (Å²) < 4.78 is 37.2. The Hall–Kier alpha value is -3.15. The molecule has 0 bridgehead atoms. The van der Waals surface area contributed by atoms with Crippen LogP contribution < -0.4 is 14.4 Å². The van der Waals surface area contributed by atoms with Gasteiger partial charge in [0.05, 0.1) is 29.8 Å². The van der Waals surface area contributed by atoms with Gasteiger partial charge in [0.2, 0.25) is 10.0 Å². The molecule has 0 aliphatic heterocycles. The van der Waals surface area contributed by atoms with Crippen molar-refractivity contribution in [3.8, 4) is 5.75 Å². The third-order valence-electron chi connectivity index (χ3n) is 4.87. The largest absolute Gasteiger partial charge is 0.588 e. The molecule has 31 heavy (non-hydrogen) atoms. The number of hydrogen-bond acceptors (Lipinski definition) is 8. The summed E-state index contributed by atoms with van der Waals surface area (Å²) >= 11 is -0.687. The number of anilines is 2. The summed E-state index contributed by atoms with van der Waals surface area (Å²) in [5, 5.41) is 2.09. The van der Waals surface area contributed by atoms with E-state index in [0.29, 0.717) is 10.8 Å². The summed E-state index contributed by atoms with van der Waals surface area (Å²) in [6, 6.07) is 8.03. The van der Waals surface area contributed by atoms with Gasteiger partial charge in [0, 0.05) is 36.5 Å². The van der Waals surface area contributed by atoms with Gasteiger partial charge in [0.15, 0.2) is 11.6 Å². The average molecular weight is 460 g/mol. The topological polar surface area (TPSA) is 94.8 Å². The molecule has 0 radical (unpaired) electrons. The first-order valence-corrected chi connectivity index (χ1v) is 11.2. The summed E-state index contributed by atoms with van der Waals surface area (Å²) in [7, 11) is 1.76. The number of imidazole rings is 1. The van der Waals surface area contributed by atoms with Crippen LogP contribution in [-0.2, 0) is 16.2 Å². The molecule has 160 valence electrons. The molecular weight excluding hydrogens is 441 g/mol. The highest BCUT2D eigenvalue weighted by atomic mass is 32.2. The van der Waals surface area contributed by atoms with E-state index in [4.69, 9.17) is 4.74 Å². The first-order chi connectivity index (χ1) is 15.0. The highest BCUT2D eigenvalue weighted by Crippen LogP contribution is 2.37. The van der Waals surface area contributed by atoms with Gasteiger partial charge in [-0.1, -0.05) is 6.07 Å². The highest BCUT2D eigenvalue weighted by Gasteiger charge is 2.26. The van der Waals surface area contributed by atoms with E-state index in [1.165, 1.54) is 23.5 Å². The van der Waals surface area contributed by atoms with E-state index in [2.05, 4.69) is 14.7 Å². The van der Waals surface area contributed by atoms with Crippen molar-refractivity contribution in [1.82, 2.24) is 14.4 Å². The molecule has 0 aliphatic rings. The van der Waals surface area contributed by atoms with Crippen molar-refractivity contribution < 1.29 is 18.5 Å². The second-order valence-corrected chi connectivity index (χ2v) is 8.67. The van der Waals surface area contributed by atoms with Crippen LogP contribution in [0, 0.1) is 5.82 Å². The maximum absolute atomic E-state index is 14.9. The zero-order valence-electron chi connectivity index (χ0n) is 16.6. The van der Waals surface area contributed by atoms with E-state index < -0.39 is 17.2 Å². The number of hydrogen-bond donors (Lipinski definition) is 1. The van der Waals surface area contributed by atoms with Crippen LogP contribution in [0.15, 0.2) is 59.3 Å². The van der Waals surface area contributed by atoms with Crippen molar-refractivity contribution in [2.24, 2.45) is 0 Å². The number of nitrogens with one attached hydrogen (secondary N) is 1. The number of aromatic nitrogens is 3. The molecule has 0 amide bonds. The minimum atomic E-state index is -1.92. The predicted octanol–water partition coefficient (Wildman–Crippen LogP) is 3.80. The zero-order chi connectivity index (χ0) is 22.0. The van der Waals surface area contributed by atoms with E-state index in [9.17, 15) is 13.7 Å². The van der Waals surface area contributed by atoms with Crippen LogP contribution in [0.4, 0.5) is 15.2 Å². The monoisotopic (exact) mass is 459 g/mol. The van der Waals surface area contributed by atoms with E-state index in [1.807, 2.05) is 29.5 Å². The lowest BCUT2D eigenvalue weighted by Crippen LogP contribution is -2.24. The molecule has 0 spiro atoms. The Kier molecular flexibility index (Phi) is 6.07. The van der Waals surface area contributed by atoms with Gasteiger partial charge in [-0.25, -0.2) is 14.4 Å². The Balaban J connectivity index is 1.69. The van der Waals surface area contributed by atoms with E-state index in [1.54, 1.807) is 36.0 Å². The first-order valence-electron chi connectivity index (χ1n) is 9.15. The number of thiazole rings is 1. The van der Waals surface area contributed by atoms with Crippen molar-refractivity contribution in [2.45, 2.75) is 17.9 Å². The molecule has 8 nitrogen and oxygen atoms in total. The van der Waals surface area contributed by atoms with Gasteiger partial charge in [-0.2, -0.15) is 4.72 Å². The normalized spacial score (nSPS) is 13.0. The average Bonchev–Trinajstić information content (AvgIpc) is 3.45. The molecule has 1 unspecified atom stereocenters. The zero-order valence-corrected chi connectivity index (χ0v) is 18.2. The van der Waals surface area contributed by atoms with Gasteiger partial charge in [-0.05, 0) is 19.1 Å². The van der Waals surface area contributed by atoms with Crippen molar-refractivity contribution in [3.63, 3.8) is 0 Å². The van der Waals surface area contributed by atoms with Gasteiger partial charge in [-0.3, -0.25) is 4.79 Å². The Morgan fingerprint density at radius 1 is 1.42 bits per heavy atom. The molecule has 11 heteroatoms. The number of carbonyl (C=O) groups is 1. The van der Waals surface area contributed by atoms with Crippen LogP contribution in [0.5, 0.6) is 5.75 Å². The molecule has 4 aromatic rings. The van der Waals surface area contributed by atoms with Gasteiger partial charge >= 0.3 is 0 Å². The molecular formula is C20H18FN5O3S2. The molecule has 3 aromatic heterocycles. The quantitative estimate of drug-likeness (QED) is 0.316. The number of rotatable bonds is 8. The van der Waals surface area contributed by atoms with Gasteiger partial charge in [0.25, 0.3) is 6.47 Å². The van der Waals surface area contributed by atoms with E-state index in [-0.39, 0.29) is 23.2 Å². The molecule has 2 atom stereocenters. The SMILES string of the molecule is C[C@H](c1cccc2cncn12)N(C)c1cc(F)c([S+]([O-])Nc2nccs2)cc1OC=O. The molecule has 1 N–H and O–H groups in total. The van der Waals surface area contributed by atoms with E-state index in [0.717, 1.165) is 11.2 Å². The first kappa shape index (κ1) is 21.1. The molecule has 1 aromatic carbocycles. The molecule has 0 saturated carbocycles. The fourth-order valence-electron chi connectivity index (χ4n) is 3.21. The third-order valence-corrected chi connectivity index (χ3v) is 6.78. The second-order valence-electron chi connectivity index (χ2n) is 6.60. The van der Waals surface area contributed by atoms with Crippen LogP contribution in [0.25, 0.3) is 5.52 Å². The molecule has 0 fully saturated rings. The summed E-state index contributed by atoms with van der Waals surface area (Å²) in [5.74, 6) is -0.608. The number of pyridine rings is 1. The lowest BCUT2D eigenvalue weighted by atomic mass is 10.1. The van der Waals surface area contributed by atoms with E-state index >= 15 is 0 Å². The second kappa shape index (κ2) is 8.92. The highest BCUT2D eigenvalue weighted by molar-refractivity contribution is 7.93. The van der Waals surface area contributed by atoms with Crippen molar-refractivity contribution >= 4 is 45.5 Å². The lowest BCUT2D eigenvalue weighted by Gasteiger charge is -2.29. The third kappa shape index (κ3) is 4.20. The minimum absolute atomic E-state index is 0.0906. The number of benzene rings is 1. The Morgan fingerprint density at radius 3 is 3.00 bits per heavy atom. The lowest BCUT2D eigenvalue weighted by molar-refractivity contribution is -0.120. The Labute approximate surface area is 184 Å². The van der Waals surface area contributed by atoms with Crippen LogP contribution in [-0.4, -0.2) is 32.4 Å². The van der Waals surface area contributed by atoms with Crippen molar-refractivity contribution in [3.05, 3.63) is 65.9 Å². The molecule has 3 heterocycles. The number of halogens is 1. The molecule has 0 saturated heterocycles. The number of nitrogens with zero attached hydrogens (tertiary/aromatic N) is 4. The minimum Gasteiger partial charge on any atom is -0.588 e. The summed E-state index contributed by atoms with van der Waals surface area (Å²) in [6.45, 7) is 2.19. The maximum Gasteiger partial charge on any atom is 0.298 e. The van der Waals surface area contributed by atoms with Crippen LogP contribution >= 0.6 is 11.3 Å². The smallest absolute Gasteiger partial charge is 0.298 e. The summed E-state index contributed by atoms with van der Waals surface area (Å²) in [6.07, 6.45) is 4.99. The number of ether oxygens (including phenoxy) is 1. The number of fused-ring (bicyclic) bond motifs is 1. The van der Waals surface area contributed by atoms with Gasteiger partial charge < -0.3 is 18.6 Å². The maximum atomic E-state index is 14.9. The number of carbonyl (C=O) groups excluding carboxylic acids is 1. The fraction of sp³-hybridized carbons (Fsp3) is 0.150. The van der Waals surface area contributed by atoms with Gasteiger partial charge in [0.1, 0.15) is 11.4 Å². The van der Waals surface area contributed by atoms with Crippen molar-refractivity contribution in [2.75, 3.05) is 16.7 Å². The predicted molar refractivity (Wildman–Crippen MR) is 117 cm³/mol. The molecule has 0 aliphatic carbocycles. The van der Waals surface area contributed by atoms with Crippen LogP contribution in [0.1, 0.15) is 18.7 Å². The molecule has 4 rings (SSSR count). The summed E-state index contributed by atoms with van der Waals surface area (Å²) in [5.41, 5.74) is 2.17. The fourth-order valence-corrected chi connectivity index (χ4v) is 4.78. The standard InChI is InChI=1S/C20H18FN5O3S2/c1-13(16-5-3-4-14-10-22-11-26(14)16)25(2)17-8-15(21)19(9-18(17)29-12-27)31(28)24-20-23-6-7-30-20/h3-13H,1-2H3,(H,23,24)/t13-,31?/m1/s1.